The second-order valence-corrected chi connectivity index (χ2v) is 12.1. The molecule has 46 heavy (non-hydrogen) atoms. The minimum Gasteiger partial charge on any atom is -1.00 e. The SMILES string of the molecule is CCCCn1cc[n+](Cc2ccc(O)c(C=N[C@@H]3CCCC[C@H]3N=Cc3cc(C[n+]4ccn(CCCC)c4)ccc3O)c2)c1.[Cl-].[Cl-]. The summed E-state index contributed by atoms with van der Waals surface area (Å²) < 4.78 is 8.78. The zero-order valence-electron chi connectivity index (χ0n) is 27.1. The smallest absolute Gasteiger partial charge is 0.244 e. The van der Waals surface area contributed by atoms with Crippen molar-refractivity contribution in [3.05, 3.63) is 96.1 Å². The molecule has 1 aliphatic rings. The molecule has 5 rings (SSSR count). The number of hydrogen-bond acceptors (Lipinski definition) is 4. The quantitative estimate of drug-likeness (QED) is 0.145. The van der Waals surface area contributed by atoms with Crippen LogP contribution in [0.1, 0.15) is 87.5 Å². The molecule has 248 valence electrons. The van der Waals surface area contributed by atoms with E-state index in [1.807, 2.05) is 36.7 Å². The molecule has 0 spiro atoms. The molecule has 1 aliphatic carbocycles. The van der Waals surface area contributed by atoms with Crippen molar-refractivity contribution >= 4 is 12.4 Å². The summed E-state index contributed by atoms with van der Waals surface area (Å²) in [5, 5.41) is 21.2. The molecule has 0 aliphatic heterocycles. The molecule has 0 radical (unpaired) electrons. The molecule has 8 nitrogen and oxygen atoms in total. The Bertz CT molecular complexity index is 1450. The third kappa shape index (κ3) is 10.5. The summed E-state index contributed by atoms with van der Waals surface area (Å²) in [6.45, 7) is 7.94. The van der Waals surface area contributed by atoms with Gasteiger partial charge in [0.25, 0.3) is 0 Å². The number of aromatic nitrogens is 4. The molecule has 1 saturated carbocycles. The molecule has 0 unspecified atom stereocenters. The van der Waals surface area contributed by atoms with Crippen LogP contribution in [0.3, 0.4) is 0 Å². The fourth-order valence-corrected chi connectivity index (χ4v) is 5.84. The van der Waals surface area contributed by atoms with Crippen LogP contribution in [0.2, 0.25) is 0 Å². The van der Waals surface area contributed by atoms with E-state index in [4.69, 9.17) is 9.98 Å². The first-order chi connectivity index (χ1) is 21.5. The average Bonchev–Trinajstić information content (AvgIpc) is 3.68. The lowest BCUT2D eigenvalue weighted by atomic mass is 9.91. The number of phenolic OH excluding ortho intramolecular Hbond substituents is 2. The fourth-order valence-electron chi connectivity index (χ4n) is 5.84. The van der Waals surface area contributed by atoms with Gasteiger partial charge in [0.2, 0.25) is 12.7 Å². The number of rotatable bonds is 14. The predicted molar refractivity (Wildman–Crippen MR) is 175 cm³/mol. The summed E-state index contributed by atoms with van der Waals surface area (Å²) in [6, 6.07) is 11.6. The summed E-state index contributed by atoms with van der Waals surface area (Å²) in [7, 11) is 0. The van der Waals surface area contributed by atoms with E-state index in [2.05, 4.69) is 69.6 Å². The van der Waals surface area contributed by atoms with Crippen molar-refractivity contribution in [2.75, 3.05) is 0 Å². The van der Waals surface area contributed by atoms with Crippen molar-refractivity contribution in [1.82, 2.24) is 9.13 Å². The fraction of sp³-hybridized carbons (Fsp3) is 0.444. The molecule has 0 amide bonds. The Balaban J connectivity index is 0.00000288. The van der Waals surface area contributed by atoms with Gasteiger partial charge in [-0.05, 0) is 61.1 Å². The highest BCUT2D eigenvalue weighted by Gasteiger charge is 2.23. The number of nitrogens with zero attached hydrogens (tertiary/aromatic N) is 6. The Kier molecular flexibility index (Phi) is 14.8. The Labute approximate surface area is 286 Å². The highest BCUT2D eigenvalue weighted by atomic mass is 35.5. The van der Waals surface area contributed by atoms with E-state index >= 15 is 0 Å². The van der Waals surface area contributed by atoms with Crippen molar-refractivity contribution in [1.29, 1.82) is 0 Å². The lowest BCUT2D eigenvalue weighted by Gasteiger charge is -2.25. The van der Waals surface area contributed by atoms with E-state index in [1.54, 1.807) is 12.1 Å². The number of benzene rings is 2. The molecule has 1 fully saturated rings. The Morgan fingerprint density at radius 3 is 1.57 bits per heavy atom. The third-order valence-corrected chi connectivity index (χ3v) is 8.45. The molecule has 2 aromatic heterocycles. The average molecular weight is 668 g/mol. The van der Waals surface area contributed by atoms with Crippen LogP contribution >= 0.6 is 0 Å². The van der Waals surface area contributed by atoms with Crippen molar-refractivity contribution in [3.8, 4) is 11.5 Å². The molecule has 2 N–H and O–H groups in total. The van der Waals surface area contributed by atoms with Gasteiger partial charge in [-0.1, -0.05) is 51.7 Å². The van der Waals surface area contributed by atoms with Gasteiger partial charge < -0.3 is 35.0 Å². The molecule has 4 aromatic rings. The highest BCUT2D eigenvalue weighted by molar-refractivity contribution is 5.84. The van der Waals surface area contributed by atoms with E-state index in [1.165, 1.54) is 25.7 Å². The first kappa shape index (κ1) is 36.8. The third-order valence-electron chi connectivity index (χ3n) is 8.45. The molecule has 2 atom stereocenters. The minimum absolute atomic E-state index is 0. The zero-order chi connectivity index (χ0) is 30.7. The first-order valence-electron chi connectivity index (χ1n) is 16.3. The van der Waals surface area contributed by atoms with Crippen LogP contribution in [0, 0.1) is 0 Å². The molecule has 2 heterocycles. The standard InChI is InChI=1S/C36H46N6O2.2ClH/c1-3-5-15-39-17-19-41(27-39)25-29-11-13-35(43)31(21-29)23-37-33-9-7-8-10-34(33)38-24-32-22-30(12-14-36(32)44)26-42-20-18-40(28-42)16-6-4-2;;/h11-14,17-24,27-28,33-34H,3-10,15-16,25-26H2,1-2H3;2*1H/t33-,34-;;/m1../s1. The normalized spacial score (nSPS) is 16.5. The second-order valence-electron chi connectivity index (χ2n) is 12.1. The summed E-state index contributed by atoms with van der Waals surface area (Å²) in [6.07, 6.45) is 25.2. The maximum atomic E-state index is 10.6. The van der Waals surface area contributed by atoms with Gasteiger partial charge in [-0.15, -0.1) is 0 Å². The molecule has 0 bridgehead atoms. The second kappa shape index (κ2) is 18.5. The van der Waals surface area contributed by atoms with Crippen LogP contribution in [-0.2, 0) is 26.2 Å². The van der Waals surface area contributed by atoms with Crippen molar-refractivity contribution in [2.24, 2.45) is 9.98 Å². The van der Waals surface area contributed by atoms with Gasteiger partial charge in [0.05, 0.1) is 25.2 Å². The maximum absolute atomic E-state index is 10.6. The Hall–Kier alpha value is -3.62. The largest absolute Gasteiger partial charge is 1.00 e. The van der Waals surface area contributed by atoms with Gasteiger partial charge >= 0.3 is 0 Å². The van der Waals surface area contributed by atoms with E-state index in [-0.39, 0.29) is 48.4 Å². The van der Waals surface area contributed by atoms with Crippen molar-refractivity contribution in [2.45, 2.75) is 103 Å². The maximum Gasteiger partial charge on any atom is 0.244 e. The summed E-state index contributed by atoms with van der Waals surface area (Å²) in [5.74, 6) is 0.471. The first-order valence-corrected chi connectivity index (χ1v) is 16.3. The summed E-state index contributed by atoms with van der Waals surface area (Å²) in [4.78, 5) is 9.87. The summed E-state index contributed by atoms with van der Waals surface area (Å²) in [5.41, 5.74) is 3.69. The molecular formula is C36H48Cl2N6O2. The van der Waals surface area contributed by atoms with E-state index in [9.17, 15) is 10.2 Å². The highest BCUT2D eigenvalue weighted by Crippen LogP contribution is 2.26. The van der Waals surface area contributed by atoms with Gasteiger partial charge in [-0.2, -0.15) is 0 Å². The topological polar surface area (TPSA) is 82.8 Å². The molecule has 2 aromatic carbocycles. The Morgan fingerprint density at radius 2 is 1.15 bits per heavy atom. The van der Waals surface area contributed by atoms with Gasteiger partial charge in [-0.3, -0.25) is 9.98 Å². The van der Waals surface area contributed by atoms with Crippen LogP contribution in [0.25, 0.3) is 0 Å². The Morgan fingerprint density at radius 1 is 0.717 bits per heavy atom. The van der Waals surface area contributed by atoms with Gasteiger partial charge in [-0.25, -0.2) is 18.3 Å². The molecule has 10 heteroatoms. The molecular weight excluding hydrogens is 619 g/mol. The van der Waals surface area contributed by atoms with Crippen molar-refractivity contribution < 1.29 is 44.2 Å². The monoisotopic (exact) mass is 666 g/mol. The van der Waals surface area contributed by atoms with Crippen molar-refractivity contribution in [3.63, 3.8) is 0 Å². The molecule has 0 saturated heterocycles. The number of aryl methyl sites for hydroxylation is 2. The number of phenols is 2. The number of aliphatic imine (C=N–C) groups is 2. The van der Waals surface area contributed by atoms with E-state index < -0.39 is 0 Å². The zero-order valence-corrected chi connectivity index (χ0v) is 28.6. The minimum atomic E-state index is 0. The van der Waals surface area contributed by atoms with Crippen LogP contribution in [0.5, 0.6) is 11.5 Å². The van der Waals surface area contributed by atoms with E-state index in [0.717, 1.165) is 74.1 Å². The predicted octanol–water partition coefficient (Wildman–Crippen LogP) is -0.170. The number of halogens is 2. The lowest BCUT2D eigenvalue weighted by molar-refractivity contribution is -0.688. The summed E-state index contributed by atoms with van der Waals surface area (Å²) >= 11 is 0. The van der Waals surface area contributed by atoms with E-state index in [0.29, 0.717) is 0 Å². The number of imidazole rings is 2. The lowest BCUT2D eigenvalue weighted by Crippen LogP contribution is -3.00. The van der Waals surface area contributed by atoms with Crippen LogP contribution < -0.4 is 33.9 Å². The van der Waals surface area contributed by atoms with Gasteiger partial charge in [0.1, 0.15) is 49.4 Å². The number of aromatic hydroxyl groups is 2. The number of hydrogen-bond donors (Lipinski definition) is 2. The van der Waals surface area contributed by atoms with Gasteiger partial charge in [0.15, 0.2) is 0 Å². The van der Waals surface area contributed by atoms with Crippen LogP contribution in [0.4, 0.5) is 0 Å². The number of unbranched alkanes of at least 4 members (excludes halogenated alkanes) is 2. The van der Waals surface area contributed by atoms with Crippen LogP contribution in [0.15, 0.2) is 83.8 Å². The van der Waals surface area contributed by atoms with Gasteiger partial charge in [0, 0.05) is 23.6 Å². The van der Waals surface area contributed by atoms with Crippen LogP contribution in [-0.4, -0.2) is 43.9 Å².